The van der Waals surface area contributed by atoms with Crippen molar-refractivity contribution in [1.29, 1.82) is 0 Å². The van der Waals surface area contributed by atoms with Gasteiger partial charge in [-0.1, -0.05) is 0 Å². The van der Waals surface area contributed by atoms with Crippen LogP contribution in [-0.4, -0.2) is 8.42 Å². The highest BCUT2D eigenvalue weighted by Gasteiger charge is 2.23. The number of hydrogen-bond donors (Lipinski definition) is 2. The van der Waals surface area contributed by atoms with Gasteiger partial charge in [-0.3, -0.25) is 0 Å². The summed E-state index contributed by atoms with van der Waals surface area (Å²) in [6.45, 7) is 3.32. The first-order chi connectivity index (χ1) is 6.83. The number of hydrogen-bond acceptors (Lipinski definition) is 5. The largest absolute Gasteiger partial charge is 0.399 e. The summed E-state index contributed by atoms with van der Waals surface area (Å²) in [4.78, 5) is 0. The molecule has 0 unspecified atom stereocenters. The molecule has 4 N–H and O–H groups in total. The van der Waals surface area contributed by atoms with Crippen molar-refractivity contribution >= 4 is 21.9 Å². The minimum atomic E-state index is -2.47. The molecular weight excluding hydrogens is 214 g/mol. The molecular formula is C9H13N3O2S. The van der Waals surface area contributed by atoms with Crippen molar-refractivity contribution in [3.05, 3.63) is 23.8 Å². The van der Waals surface area contributed by atoms with Gasteiger partial charge in [0, 0.05) is 16.9 Å². The SMILES string of the molecule is CC(C)(N=S(=O)=O)c1cc(N)ccc1N. The predicted molar refractivity (Wildman–Crippen MR) is 59.6 cm³/mol. The Morgan fingerprint density at radius 2 is 1.87 bits per heavy atom. The fourth-order valence-corrected chi connectivity index (χ4v) is 1.81. The van der Waals surface area contributed by atoms with E-state index in [-0.39, 0.29) is 0 Å². The number of benzene rings is 1. The second kappa shape index (κ2) is 3.90. The van der Waals surface area contributed by atoms with Crippen LogP contribution in [0.2, 0.25) is 0 Å². The number of nitrogen functional groups attached to an aromatic ring is 2. The lowest BCUT2D eigenvalue weighted by Crippen LogP contribution is -2.16. The molecule has 15 heavy (non-hydrogen) atoms. The molecule has 0 amide bonds. The molecule has 0 bridgehead atoms. The molecule has 6 heteroatoms. The van der Waals surface area contributed by atoms with E-state index in [2.05, 4.69) is 4.36 Å². The third kappa shape index (κ3) is 2.69. The third-order valence-electron chi connectivity index (χ3n) is 2.04. The zero-order valence-corrected chi connectivity index (χ0v) is 9.38. The van der Waals surface area contributed by atoms with Crippen LogP contribution in [0.4, 0.5) is 11.4 Å². The molecule has 0 saturated heterocycles. The summed E-state index contributed by atoms with van der Waals surface area (Å²) in [5.74, 6) is 0. The van der Waals surface area contributed by atoms with Crippen LogP contribution in [0.3, 0.4) is 0 Å². The summed E-state index contributed by atoms with van der Waals surface area (Å²) in [6, 6.07) is 4.92. The molecule has 0 aliphatic carbocycles. The molecule has 0 saturated carbocycles. The van der Waals surface area contributed by atoms with Gasteiger partial charge < -0.3 is 11.5 Å². The molecule has 0 radical (unpaired) electrons. The molecule has 0 aromatic heterocycles. The molecule has 0 fully saturated rings. The monoisotopic (exact) mass is 227 g/mol. The zero-order valence-electron chi connectivity index (χ0n) is 8.56. The lowest BCUT2D eigenvalue weighted by atomic mass is 9.93. The third-order valence-corrected chi connectivity index (χ3v) is 2.64. The highest BCUT2D eigenvalue weighted by molar-refractivity contribution is 7.61. The molecule has 1 aromatic carbocycles. The van der Waals surface area contributed by atoms with Crippen molar-refractivity contribution in [2.45, 2.75) is 19.4 Å². The van der Waals surface area contributed by atoms with E-state index in [1.54, 1.807) is 32.0 Å². The van der Waals surface area contributed by atoms with Gasteiger partial charge in [-0.05, 0) is 32.0 Å². The van der Waals surface area contributed by atoms with Crippen LogP contribution < -0.4 is 11.5 Å². The first kappa shape index (κ1) is 11.5. The van der Waals surface area contributed by atoms with Gasteiger partial charge in [0.05, 0.1) is 5.54 Å². The summed E-state index contributed by atoms with van der Waals surface area (Å²) >= 11 is 0. The van der Waals surface area contributed by atoms with E-state index in [1.165, 1.54) is 0 Å². The number of nitrogens with two attached hydrogens (primary N) is 2. The van der Waals surface area contributed by atoms with E-state index < -0.39 is 16.0 Å². The zero-order chi connectivity index (χ0) is 11.6. The van der Waals surface area contributed by atoms with E-state index in [9.17, 15) is 8.42 Å². The highest BCUT2D eigenvalue weighted by atomic mass is 32.2. The molecule has 0 atom stereocenters. The van der Waals surface area contributed by atoms with Crippen molar-refractivity contribution in [3.8, 4) is 0 Å². The summed E-state index contributed by atoms with van der Waals surface area (Å²) in [6.07, 6.45) is 0. The second-order valence-electron chi connectivity index (χ2n) is 3.71. The normalized spacial score (nSPS) is 11.1. The van der Waals surface area contributed by atoms with E-state index in [0.717, 1.165) is 0 Å². The Kier molecular flexibility index (Phi) is 2.99. The maximum absolute atomic E-state index is 10.5. The fraction of sp³-hybridized carbons (Fsp3) is 0.333. The van der Waals surface area contributed by atoms with Crippen molar-refractivity contribution < 1.29 is 8.42 Å². The Bertz CT molecular complexity index is 498. The summed E-state index contributed by atoms with van der Waals surface area (Å²) in [7, 11) is -2.47. The molecule has 0 heterocycles. The maximum Gasteiger partial charge on any atom is 0.312 e. The van der Waals surface area contributed by atoms with Gasteiger partial charge in [0.15, 0.2) is 0 Å². The Balaban J connectivity index is 3.38. The van der Waals surface area contributed by atoms with Gasteiger partial charge in [0.25, 0.3) is 0 Å². The van der Waals surface area contributed by atoms with Gasteiger partial charge in [0.1, 0.15) is 0 Å². The molecule has 1 rings (SSSR count). The Morgan fingerprint density at radius 1 is 1.27 bits per heavy atom. The van der Waals surface area contributed by atoms with E-state index >= 15 is 0 Å². The van der Waals surface area contributed by atoms with Crippen LogP contribution in [0, 0.1) is 0 Å². The van der Waals surface area contributed by atoms with Gasteiger partial charge in [-0.25, -0.2) is 0 Å². The van der Waals surface area contributed by atoms with Crippen LogP contribution in [0.5, 0.6) is 0 Å². The lowest BCUT2D eigenvalue weighted by molar-refractivity contribution is 0.551. The quantitative estimate of drug-likeness (QED) is 0.740. The van der Waals surface area contributed by atoms with Crippen LogP contribution in [0.15, 0.2) is 22.6 Å². The minimum Gasteiger partial charge on any atom is -0.399 e. The van der Waals surface area contributed by atoms with E-state index in [0.29, 0.717) is 16.9 Å². The van der Waals surface area contributed by atoms with Gasteiger partial charge in [-0.2, -0.15) is 12.8 Å². The van der Waals surface area contributed by atoms with Crippen molar-refractivity contribution in [2.24, 2.45) is 4.36 Å². The molecule has 5 nitrogen and oxygen atoms in total. The molecule has 0 spiro atoms. The molecule has 0 aliphatic rings. The molecule has 0 aliphatic heterocycles. The molecule has 82 valence electrons. The topological polar surface area (TPSA) is 98.5 Å². The van der Waals surface area contributed by atoms with Crippen molar-refractivity contribution in [2.75, 3.05) is 11.5 Å². The Labute approximate surface area is 89.8 Å². The number of nitrogens with zero attached hydrogens (tertiary/aromatic N) is 1. The Hall–Kier alpha value is -1.56. The van der Waals surface area contributed by atoms with Crippen molar-refractivity contribution in [3.63, 3.8) is 0 Å². The second-order valence-corrected chi connectivity index (χ2v) is 4.33. The summed E-state index contributed by atoms with van der Waals surface area (Å²) in [5, 5.41) is 0. The first-order valence-electron chi connectivity index (χ1n) is 4.30. The summed E-state index contributed by atoms with van der Waals surface area (Å²) in [5.41, 5.74) is 12.0. The van der Waals surface area contributed by atoms with Crippen molar-refractivity contribution in [1.82, 2.24) is 0 Å². The van der Waals surface area contributed by atoms with Crippen LogP contribution in [0.25, 0.3) is 0 Å². The van der Waals surface area contributed by atoms with Gasteiger partial charge in [0.2, 0.25) is 0 Å². The maximum atomic E-state index is 10.5. The van der Waals surface area contributed by atoms with Gasteiger partial charge in [-0.15, -0.1) is 0 Å². The average molecular weight is 227 g/mol. The number of rotatable bonds is 2. The smallest absolute Gasteiger partial charge is 0.312 e. The average Bonchev–Trinajstić information content (AvgIpc) is 2.06. The predicted octanol–water partition coefficient (Wildman–Crippen LogP) is 1.15. The Morgan fingerprint density at radius 3 is 2.40 bits per heavy atom. The van der Waals surface area contributed by atoms with Gasteiger partial charge >= 0.3 is 10.5 Å². The van der Waals surface area contributed by atoms with E-state index in [4.69, 9.17) is 11.5 Å². The van der Waals surface area contributed by atoms with Crippen LogP contribution >= 0.6 is 0 Å². The highest BCUT2D eigenvalue weighted by Crippen LogP contribution is 2.30. The standard InChI is InChI=1S/C9H13N3O2S/c1-9(2,12-15(13)14)7-5-6(10)3-4-8(7)11/h3-5H,10-11H2,1-2H3. The fourth-order valence-electron chi connectivity index (χ4n) is 1.34. The first-order valence-corrected chi connectivity index (χ1v) is 5.34. The lowest BCUT2D eigenvalue weighted by Gasteiger charge is -2.19. The summed E-state index contributed by atoms with van der Waals surface area (Å²) < 4.78 is 24.7. The number of anilines is 2. The van der Waals surface area contributed by atoms with E-state index in [1.807, 2.05) is 0 Å². The van der Waals surface area contributed by atoms with Crippen LogP contribution in [-0.2, 0) is 16.0 Å². The minimum absolute atomic E-state index is 0.475. The van der Waals surface area contributed by atoms with Crippen LogP contribution in [0.1, 0.15) is 19.4 Å². The molecule has 1 aromatic rings.